The van der Waals surface area contributed by atoms with Gasteiger partial charge in [0.2, 0.25) is 11.8 Å². The standard InChI is InChI=1S/C53H76N4O10/c1-34-14-9-20-52(5,6)50(34)46(64)28-36(3)56(48(66)18-16-40-42(60)30-38(58)31-43(40)61)26-12-24-54-22-11-23-55-25-13-27-57(49(67)19-17-41-44(62)32-39(59)33-45(41)63)37(4)29-47(65)51-35(2)15-10-21-53(51,7)8/h9-10,14-19,30-37,50-51,54-55,58-63H,11-13,20-29H2,1-8H3. The van der Waals surface area contributed by atoms with Crippen LogP contribution in [0, 0.1) is 34.5 Å². The second-order valence-corrected chi connectivity index (χ2v) is 20.0. The van der Waals surface area contributed by atoms with E-state index in [4.69, 9.17) is 0 Å². The molecule has 0 radical (unpaired) electrons. The first-order valence-corrected chi connectivity index (χ1v) is 23.8. The molecule has 14 nitrogen and oxygen atoms in total. The number of rotatable bonds is 24. The summed E-state index contributed by atoms with van der Waals surface area (Å²) < 4.78 is 0. The van der Waals surface area contributed by atoms with Crippen molar-refractivity contribution in [2.45, 2.75) is 112 Å². The van der Waals surface area contributed by atoms with Crippen LogP contribution in [0.5, 0.6) is 34.5 Å². The Morgan fingerprint density at radius 1 is 0.597 bits per heavy atom. The predicted octanol–water partition coefficient (Wildman–Crippen LogP) is 7.83. The topological polar surface area (TPSA) is 220 Å². The number of amides is 2. The van der Waals surface area contributed by atoms with Crippen molar-refractivity contribution in [1.29, 1.82) is 0 Å². The van der Waals surface area contributed by atoms with Crippen LogP contribution in [-0.2, 0) is 19.2 Å². The molecule has 2 aliphatic carbocycles. The van der Waals surface area contributed by atoms with Crippen molar-refractivity contribution in [3.8, 4) is 34.5 Å². The van der Waals surface area contributed by atoms with Crippen molar-refractivity contribution >= 4 is 35.5 Å². The molecular weight excluding hydrogens is 853 g/mol. The fraction of sp³-hybridized carbons (Fsp3) is 0.547. The van der Waals surface area contributed by atoms with Crippen molar-refractivity contribution in [3.63, 3.8) is 0 Å². The quantitative estimate of drug-likeness (QED) is 0.0287. The van der Waals surface area contributed by atoms with E-state index in [1.165, 1.54) is 24.3 Å². The molecule has 2 aromatic rings. The number of hydrogen-bond acceptors (Lipinski definition) is 12. The number of Topliss-reactive ketones (excluding diaryl/α,β-unsaturated/α-hetero) is 2. The molecule has 4 rings (SSSR count). The highest BCUT2D eigenvalue weighted by atomic mass is 16.3. The van der Waals surface area contributed by atoms with E-state index in [-0.39, 0.29) is 116 Å². The number of carbonyl (C=O) groups is 4. The lowest BCUT2D eigenvalue weighted by Gasteiger charge is -2.40. The first-order chi connectivity index (χ1) is 31.5. The number of aromatic hydroxyl groups is 6. The maximum absolute atomic E-state index is 13.8. The summed E-state index contributed by atoms with van der Waals surface area (Å²) >= 11 is 0. The fourth-order valence-corrected chi connectivity index (χ4v) is 10.1. The van der Waals surface area contributed by atoms with Gasteiger partial charge in [0.05, 0.1) is 11.1 Å². The van der Waals surface area contributed by atoms with Crippen LogP contribution >= 0.6 is 0 Å². The number of benzene rings is 2. The summed E-state index contributed by atoms with van der Waals surface area (Å²) in [5.41, 5.74) is -0.421. The van der Waals surface area contributed by atoms with E-state index in [0.717, 1.165) is 43.5 Å². The summed E-state index contributed by atoms with van der Waals surface area (Å²) in [4.78, 5) is 58.2. The number of phenolic OH excluding ortho intramolecular Hbond substituents is 6. The largest absolute Gasteiger partial charge is 0.508 e. The van der Waals surface area contributed by atoms with Gasteiger partial charge in [-0.1, -0.05) is 65.8 Å². The van der Waals surface area contributed by atoms with E-state index in [1.807, 2.05) is 13.8 Å². The number of nitrogens with zero attached hydrogens (tertiary/aromatic N) is 2. The Hall–Kier alpha value is -5.60. The summed E-state index contributed by atoms with van der Waals surface area (Å²) in [7, 11) is 0. The highest BCUT2D eigenvalue weighted by Crippen LogP contribution is 2.43. The van der Waals surface area contributed by atoms with Crippen molar-refractivity contribution in [1.82, 2.24) is 20.4 Å². The molecule has 0 spiro atoms. The van der Waals surface area contributed by atoms with Crippen LogP contribution in [-0.4, -0.2) is 115 Å². The Kier molecular flexibility index (Phi) is 19.7. The van der Waals surface area contributed by atoms with Gasteiger partial charge in [-0.15, -0.1) is 0 Å². The molecule has 8 N–H and O–H groups in total. The van der Waals surface area contributed by atoms with Gasteiger partial charge < -0.3 is 51.1 Å². The van der Waals surface area contributed by atoms with Crippen molar-refractivity contribution < 1.29 is 49.8 Å². The van der Waals surface area contributed by atoms with Crippen LogP contribution in [0.15, 0.2) is 60.7 Å². The number of ketones is 2. The summed E-state index contributed by atoms with van der Waals surface area (Å²) in [6, 6.07) is 3.48. The van der Waals surface area contributed by atoms with Gasteiger partial charge in [0, 0.05) is 86.3 Å². The zero-order valence-electron chi connectivity index (χ0n) is 40.8. The highest BCUT2D eigenvalue weighted by Gasteiger charge is 2.41. The third kappa shape index (κ3) is 15.2. The van der Waals surface area contributed by atoms with E-state index in [0.29, 0.717) is 52.1 Å². The zero-order chi connectivity index (χ0) is 49.6. The van der Waals surface area contributed by atoms with Gasteiger partial charge in [-0.2, -0.15) is 0 Å². The first-order valence-electron chi connectivity index (χ1n) is 23.8. The Morgan fingerprint density at radius 3 is 1.25 bits per heavy atom. The van der Waals surface area contributed by atoms with Crippen LogP contribution in [0.2, 0.25) is 0 Å². The molecule has 0 saturated carbocycles. The normalized spacial score (nSPS) is 20.8. The second-order valence-electron chi connectivity index (χ2n) is 20.0. The molecule has 0 heterocycles. The molecule has 6 unspecified atom stereocenters. The first kappa shape index (κ1) is 54.0. The lowest BCUT2D eigenvalue weighted by atomic mass is 9.64. The third-order valence-electron chi connectivity index (χ3n) is 13.5. The summed E-state index contributed by atoms with van der Waals surface area (Å²) in [6.45, 7) is 19.6. The number of phenols is 6. The molecule has 0 aliphatic heterocycles. The van der Waals surface area contributed by atoms with Crippen molar-refractivity contribution in [3.05, 3.63) is 71.8 Å². The SMILES string of the molecule is CC1C=CCC(C)(C)C1C(=O)CC(C)N(CCCNCCCNCCCN(C(=O)C=Cc1c(O)cc(O)cc1O)C(C)CC(=O)C1C(C)C=CCC1(C)C)C(=O)C=Cc1c(O)cc(O)cc1O. The van der Waals surface area contributed by atoms with Crippen LogP contribution in [0.3, 0.4) is 0 Å². The van der Waals surface area contributed by atoms with E-state index < -0.39 is 12.1 Å². The van der Waals surface area contributed by atoms with Gasteiger partial charge in [-0.25, -0.2) is 0 Å². The lowest BCUT2D eigenvalue weighted by molar-refractivity contribution is -0.134. The van der Waals surface area contributed by atoms with E-state index in [9.17, 15) is 49.8 Å². The van der Waals surface area contributed by atoms with Crippen LogP contribution < -0.4 is 10.6 Å². The molecule has 368 valence electrons. The van der Waals surface area contributed by atoms with Gasteiger partial charge in [0.15, 0.2) is 0 Å². The number of hydrogen-bond donors (Lipinski definition) is 8. The fourth-order valence-electron chi connectivity index (χ4n) is 10.1. The molecule has 0 saturated heterocycles. The van der Waals surface area contributed by atoms with Gasteiger partial charge in [0.25, 0.3) is 0 Å². The Morgan fingerprint density at radius 2 is 0.925 bits per heavy atom. The van der Waals surface area contributed by atoms with Crippen molar-refractivity contribution in [2.75, 3.05) is 39.3 Å². The molecule has 2 amide bonds. The minimum atomic E-state index is -0.415. The van der Waals surface area contributed by atoms with Crippen molar-refractivity contribution in [2.24, 2.45) is 34.5 Å². The minimum absolute atomic E-state index is 0.00347. The predicted molar refractivity (Wildman–Crippen MR) is 263 cm³/mol. The average Bonchev–Trinajstić information content (AvgIpc) is 3.20. The van der Waals surface area contributed by atoms with Gasteiger partial charge in [0.1, 0.15) is 46.1 Å². The third-order valence-corrected chi connectivity index (χ3v) is 13.5. The number of allylic oxidation sites excluding steroid dienone is 4. The van der Waals surface area contributed by atoms with Gasteiger partial charge >= 0.3 is 0 Å². The Bertz CT molecular complexity index is 1960. The number of carbonyl (C=O) groups excluding carboxylic acids is 4. The maximum Gasteiger partial charge on any atom is 0.246 e. The molecule has 2 aliphatic rings. The molecular formula is C53H76N4O10. The van der Waals surface area contributed by atoms with Gasteiger partial charge in [-0.3, -0.25) is 19.2 Å². The lowest BCUT2D eigenvalue weighted by Crippen LogP contribution is -2.44. The van der Waals surface area contributed by atoms with Gasteiger partial charge in [-0.05, 0) is 107 Å². The summed E-state index contributed by atoms with van der Waals surface area (Å²) in [6.07, 6.45) is 17.6. The molecule has 14 heteroatoms. The minimum Gasteiger partial charge on any atom is -0.508 e. The average molecular weight is 929 g/mol. The van der Waals surface area contributed by atoms with E-state index in [1.54, 1.807) is 9.80 Å². The molecule has 0 bridgehead atoms. The molecule has 0 fully saturated rings. The molecule has 67 heavy (non-hydrogen) atoms. The second kappa shape index (κ2) is 24.4. The monoisotopic (exact) mass is 929 g/mol. The number of nitrogens with one attached hydrogen (secondary N) is 2. The molecule has 0 aromatic heterocycles. The summed E-state index contributed by atoms with van der Waals surface area (Å²) in [5, 5.41) is 67.4. The smallest absolute Gasteiger partial charge is 0.246 e. The van der Waals surface area contributed by atoms with Crippen LogP contribution in [0.4, 0.5) is 0 Å². The molecule has 6 atom stereocenters. The van der Waals surface area contributed by atoms with E-state index >= 15 is 0 Å². The zero-order valence-corrected chi connectivity index (χ0v) is 40.8. The molecule has 2 aromatic carbocycles. The van der Waals surface area contributed by atoms with E-state index in [2.05, 4.69) is 76.5 Å². The maximum atomic E-state index is 13.8. The Labute approximate surface area is 397 Å². The van der Waals surface area contributed by atoms with Crippen LogP contribution in [0.1, 0.15) is 111 Å². The van der Waals surface area contributed by atoms with Crippen LogP contribution in [0.25, 0.3) is 12.2 Å². The summed E-state index contributed by atoms with van der Waals surface area (Å²) in [5.74, 6) is -2.86. The highest BCUT2D eigenvalue weighted by molar-refractivity contribution is 5.94. The Balaban J connectivity index is 1.29.